The van der Waals surface area contributed by atoms with Gasteiger partial charge in [-0.1, -0.05) is 53.2 Å². The molecule has 2 aromatic carbocycles. The maximum absolute atomic E-state index is 12.3. The fraction of sp³-hybridized carbons (Fsp3) is 0.238. The van der Waals surface area contributed by atoms with Crippen LogP contribution in [-0.4, -0.2) is 28.1 Å². The lowest BCUT2D eigenvalue weighted by atomic mass is 10.2. The summed E-state index contributed by atoms with van der Waals surface area (Å²) in [5.41, 5.74) is 2.14. The number of hydrogen-bond donors (Lipinski definition) is 1. The lowest BCUT2D eigenvalue weighted by Crippen LogP contribution is -2.30. The van der Waals surface area contributed by atoms with E-state index in [1.807, 2.05) is 30.3 Å². The number of benzene rings is 2. The predicted molar refractivity (Wildman–Crippen MR) is 108 cm³/mol. The summed E-state index contributed by atoms with van der Waals surface area (Å²) in [6.07, 6.45) is -0.714. The van der Waals surface area contributed by atoms with E-state index in [0.29, 0.717) is 22.4 Å². The average Bonchev–Trinajstić information content (AvgIpc) is 3.19. The highest BCUT2D eigenvalue weighted by molar-refractivity contribution is 6.31. The summed E-state index contributed by atoms with van der Waals surface area (Å²) in [6, 6.07) is 14.6. The molecular weight excluding hydrogens is 394 g/mol. The summed E-state index contributed by atoms with van der Waals surface area (Å²) in [7, 11) is 0. The van der Waals surface area contributed by atoms with Crippen LogP contribution >= 0.6 is 11.6 Å². The fourth-order valence-corrected chi connectivity index (χ4v) is 2.73. The second kappa shape index (κ2) is 9.34. The Morgan fingerprint density at radius 2 is 1.93 bits per heavy atom. The van der Waals surface area contributed by atoms with E-state index in [9.17, 15) is 9.59 Å². The van der Waals surface area contributed by atoms with Gasteiger partial charge in [0.25, 0.3) is 5.91 Å². The van der Waals surface area contributed by atoms with Crippen LogP contribution in [0.4, 0.5) is 5.69 Å². The third-order valence-corrected chi connectivity index (χ3v) is 4.66. The summed E-state index contributed by atoms with van der Waals surface area (Å²) in [5.74, 6) is -0.186. The van der Waals surface area contributed by atoms with Crippen LogP contribution in [0, 0.1) is 6.92 Å². The maximum atomic E-state index is 12.3. The standard InChI is InChI=1S/C21H20ClN3O4/c1-13-16(22)9-6-10-17(13)23-21(27)14(2)28-19(26)12-11-18-24-20(25-29-18)15-7-4-3-5-8-15/h3-10,14H,11-12H2,1-2H3,(H,23,27)/t14-/m0/s1. The molecule has 0 radical (unpaired) electrons. The SMILES string of the molecule is Cc1c(Cl)cccc1NC(=O)[C@H](C)OC(=O)CCc1nc(-c2ccccc2)no1. The molecule has 0 aliphatic rings. The van der Waals surface area contributed by atoms with Gasteiger partial charge < -0.3 is 14.6 Å². The van der Waals surface area contributed by atoms with Crippen molar-refractivity contribution in [2.45, 2.75) is 32.8 Å². The third-order valence-electron chi connectivity index (χ3n) is 4.25. The van der Waals surface area contributed by atoms with Crippen LogP contribution in [0.5, 0.6) is 0 Å². The summed E-state index contributed by atoms with van der Waals surface area (Å²) in [5, 5.41) is 7.16. The Labute approximate surface area is 173 Å². The number of rotatable bonds is 7. The second-order valence-corrected chi connectivity index (χ2v) is 6.82. The van der Waals surface area contributed by atoms with Crippen LogP contribution in [0.25, 0.3) is 11.4 Å². The number of aryl methyl sites for hydroxylation is 1. The Balaban J connectivity index is 1.49. The van der Waals surface area contributed by atoms with E-state index in [1.165, 1.54) is 6.92 Å². The summed E-state index contributed by atoms with van der Waals surface area (Å²) < 4.78 is 10.4. The van der Waals surface area contributed by atoms with Crippen LogP contribution in [0.2, 0.25) is 5.02 Å². The number of nitrogens with one attached hydrogen (secondary N) is 1. The molecule has 0 saturated carbocycles. The maximum Gasteiger partial charge on any atom is 0.307 e. The van der Waals surface area contributed by atoms with Gasteiger partial charge in [0.15, 0.2) is 6.10 Å². The molecule has 150 valence electrons. The van der Waals surface area contributed by atoms with Crippen LogP contribution < -0.4 is 5.32 Å². The van der Waals surface area contributed by atoms with Gasteiger partial charge in [-0.3, -0.25) is 9.59 Å². The number of nitrogens with zero attached hydrogens (tertiary/aromatic N) is 2. The van der Waals surface area contributed by atoms with Gasteiger partial charge in [-0.25, -0.2) is 0 Å². The molecule has 1 heterocycles. The zero-order valence-corrected chi connectivity index (χ0v) is 16.8. The number of halogens is 1. The molecule has 1 atom stereocenters. The molecule has 3 rings (SSSR count). The highest BCUT2D eigenvalue weighted by atomic mass is 35.5. The molecule has 7 nitrogen and oxygen atoms in total. The molecule has 1 N–H and O–H groups in total. The van der Waals surface area contributed by atoms with E-state index in [0.717, 1.165) is 11.1 Å². The van der Waals surface area contributed by atoms with E-state index in [4.69, 9.17) is 20.9 Å². The van der Waals surface area contributed by atoms with Gasteiger partial charge in [0.2, 0.25) is 11.7 Å². The molecular formula is C21H20ClN3O4. The van der Waals surface area contributed by atoms with Crippen LogP contribution in [0.1, 0.15) is 24.8 Å². The van der Waals surface area contributed by atoms with Crippen LogP contribution in [0.3, 0.4) is 0 Å². The fourth-order valence-electron chi connectivity index (χ4n) is 2.56. The molecule has 0 aliphatic carbocycles. The number of amides is 1. The van der Waals surface area contributed by atoms with Crippen molar-refractivity contribution in [3.8, 4) is 11.4 Å². The van der Waals surface area contributed by atoms with Crippen molar-refractivity contribution in [3.63, 3.8) is 0 Å². The first-order chi connectivity index (χ1) is 13.9. The zero-order chi connectivity index (χ0) is 20.8. The van der Waals surface area contributed by atoms with Gasteiger partial charge in [0, 0.05) is 22.7 Å². The van der Waals surface area contributed by atoms with E-state index in [1.54, 1.807) is 25.1 Å². The van der Waals surface area contributed by atoms with E-state index in [-0.39, 0.29) is 12.8 Å². The number of anilines is 1. The zero-order valence-electron chi connectivity index (χ0n) is 16.0. The molecule has 0 bridgehead atoms. The van der Waals surface area contributed by atoms with E-state index >= 15 is 0 Å². The third kappa shape index (κ3) is 5.42. The van der Waals surface area contributed by atoms with Crippen molar-refractivity contribution < 1.29 is 18.8 Å². The number of esters is 1. The topological polar surface area (TPSA) is 94.3 Å². The van der Waals surface area contributed by atoms with Crippen molar-refractivity contribution >= 4 is 29.2 Å². The first-order valence-electron chi connectivity index (χ1n) is 9.07. The highest BCUT2D eigenvalue weighted by Gasteiger charge is 2.19. The number of hydrogen-bond acceptors (Lipinski definition) is 6. The van der Waals surface area contributed by atoms with Crippen molar-refractivity contribution in [2.24, 2.45) is 0 Å². The van der Waals surface area contributed by atoms with Gasteiger partial charge in [-0.15, -0.1) is 0 Å². The van der Waals surface area contributed by atoms with Crippen molar-refractivity contribution in [1.29, 1.82) is 0 Å². The normalized spacial score (nSPS) is 11.7. The van der Waals surface area contributed by atoms with Crippen molar-refractivity contribution in [1.82, 2.24) is 10.1 Å². The van der Waals surface area contributed by atoms with Gasteiger partial charge in [-0.05, 0) is 31.5 Å². The Morgan fingerprint density at radius 3 is 2.69 bits per heavy atom. The monoisotopic (exact) mass is 413 g/mol. The minimum atomic E-state index is -0.955. The molecule has 29 heavy (non-hydrogen) atoms. The molecule has 0 saturated heterocycles. The predicted octanol–water partition coefficient (Wildman–Crippen LogP) is 4.20. The Hall–Kier alpha value is -3.19. The number of carbonyl (C=O) groups excluding carboxylic acids is 2. The van der Waals surface area contributed by atoms with Gasteiger partial charge in [0.1, 0.15) is 0 Å². The molecule has 1 amide bonds. The molecule has 3 aromatic rings. The minimum absolute atomic E-state index is 0.0181. The Bertz CT molecular complexity index is 1000. The van der Waals surface area contributed by atoms with Gasteiger partial charge in [-0.2, -0.15) is 4.98 Å². The quantitative estimate of drug-likeness (QED) is 0.583. The molecule has 0 fully saturated rings. The first kappa shape index (κ1) is 20.5. The number of carbonyl (C=O) groups is 2. The molecule has 8 heteroatoms. The smallest absolute Gasteiger partial charge is 0.307 e. The Morgan fingerprint density at radius 1 is 1.17 bits per heavy atom. The molecule has 1 aromatic heterocycles. The van der Waals surface area contributed by atoms with Crippen LogP contribution in [0.15, 0.2) is 53.1 Å². The largest absolute Gasteiger partial charge is 0.453 e. The Kier molecular flexibility index (Phi) is 6.61. The molecule has 0 spiro atoms. The number of aromatic nitrogens is 2. The highest BCUT2D eigenvalue weighted by Crippen LogP contribution is 2.23. The molecule has 0 unspecified atom stereocenters. The lowest BCUT2D eigenvalue weighted by molar-refractivity contribution is -0.153. The van der Waals surface area contributed by atoms with Gasteiger partial charge >= 0.3 is 5.97 Å². The second-order valence-electron chi connectivity index (χ2n) is 6.41. The van der Waals surface area contributed by atoms with Crippen molar-refractivity contribution in [3.05, 3.63) is 65.0 Å². The number of ether oxygens (including phenoxy) is 1. The lowest BCUT2D eigenvalue weighted by Gasteiger charge is -2.15. The van der Waals surface area contributed by atoms with Gasteiger partial charge in [0.05, 0.1) is 6.42 Å². The first-order valence-corrected chi connectivity index (χ1v) is 9.45. The van der Waals surface area contributed by atoms with Crippen molar-refractivity contribution in [2.75, 3.05) is 5.32 Å². The molecule has 0 aliphatic heterocycles. The average molecular weight is 414 g/mol. The summed E-state index contributed by atoms with van der Waals surface area (Å²) in [6.45, 7) is 3.30. The summed E-state index contributed by atoms with van der Waals surface area (Å²) in [4.78, 5) is 28.6. The van der Waals surface area contributed by atoms with E-state index in [2.05, 4.69) is 15.5 Å². The summed E-state index contributed by atoms with van der Waals surface area (Å²) >= 11 is 6.04. The van der Waals surface area contributed by atoms with Crippen LogP contribution in [-0.2, 0) is 20.7 Å². The minimum Gasteiger partial charge on any atom is -0.453 e. The van der Waals surface area contributed by atoms with E-state index < -0.39 is 18.0 Å².